The van der Waals surface area contributed by atoms with Crippen molar-refractivity contribution in [3.63, 3.8) is 0 Å². The highest BCUT2D eigenvalue weighted by Crippen LogP contribution is 2.37. The lowest BCUT2D eigenvalue weighted by Crippen LogP contribution is -2.16. The molecule has 0 aliphatic heterocycles. The van der Waals surface area contributed by atoms with Crippen molar-refractivity contribution in [3.8, 4) is 0 Å². The van der Waals surface area contributed by atoms with E-state index in [1.54, 1.807) is 0 Å². The quantitative estimate of drug-likeness (QED) is 0.706. The van der Waals surface area contributed by atoms with Gasteiger partial charge in [-0.05, 0) is 18.8 Å². The van der Waals surface area contributed by atoms with E-state index in [1.165, 1.54) is 37.9 Å². The molecule has 3 nitrogen and oxygen atoms in total. The van der Waals surface area contributed by atoms with Gasteiger partial charge in [0.2, 0.25) is 0 Å². The van der Waals surface area contributed by atoms with Gasteiger partial charge in [0.25, 0.3) is 0 Å². The molecule has 3 heteroatoms. The van der Waals surface area contributed by atoms with Gasteiger partial charge in [0.1, 0.15) is 12.2 Å². The van der Waals surface area contributed by atoms with Crippen molar-refractivity contribution >= 4 is 0 Å². The van der Waals surface area contributed by atoms with Gasteiger partial charge in [-0.2, -0.15) is 0 Å². The zero-order valence-electron chi connectivity index (χ0n) is 7.82. The van der Waals surface area contributed by atoms with Crippen LogP contribution in [0.4, 0.5) is 0 Å². The maximum Gasteiger partial charge on any atom is 0.133 e. The molecule has 0 N–H and O–H groups in total. The maximum atomic E-state index is 4.21. The molecule has 0 atom stereocenters. The molecular weight excluding hydrogens is 162 g/mol. The summed E-state index contributed by atoms with van der Waals surface area (Å²) in [7, 11) is 0. The molecule has 0 amide bonds. The molecule has 2 aliphatic carbocycles. The van der Waals surface area contributed by atoms with Crippen LogP contribution in [-0.2, 0) is 6.42 Å². The average Bonchev–Trinajstić information content (AvgIpc) is 2.79. The topological polar surface area (TPSA) is 30.7 Å². The Hall–Kier alpha value is -0.860. The SMILES string of the molecule is c1nnc(CC2CCC2)n1C1CC1. The van der Waals surface area contributed by atoms with E-state index in [0.717, 1.165) is 18.4 Å². The lowest BCUT2D eigenvalue weighted by atomic mass is 9.83. The first-order valence-corrected chi connectivity index (χ1v) is 5.32. The third-order valence-corrected chi connectivity index (χ3v) is 3.28. The van der Waals surface area contributed by atoms with E-state index in [1.807, 2.05) is 6.33 Å². The van der Waals surface area contributed by atoms with Gasteiger partial charge in [-0.1, -0.05) is 19.3 Å². The number of hydrogen-bond acceptors (Lipinski definition) is 2. The molecule has 0 bridgehead atoms. The summed E-state index contributed by atoms with van der Waals surface area (Å²) in [5.74, 6) is 2.13. The Morgan fingerprint density at radius 2 is 2.15 bits per heavy atom. The average molecular weight is 177 g/mol. The number of rotatable bonds is 3. The maximum absolute atomic E-state index is 4.21. The van der Waals surface area contributed by atoms with Crippen LogP contribution in [0.3, 0.4) is 0 Å². The highest BCUT2D eigenvalue weighted by molar-refractivity contribution is 4.97. The van der Waals surface area contributed by atoms with E-state index < -0.39 is 0 Å². The molecule has 0 unspecified atom stereocenters. The van der Waals surface area contributed by atoms with Crippen LogP contribution in [-0.4, -0.2) is 14.8 Å². The molecule has 2 saturated carbocycles. The van der Waals surface area contributed by atoms with Crippen LogP contribution < -0.4 is 0 Å². The predicted molar refractivity (Wildman–Crippen MR) is 49.3 cm³/mol. The van der Waals surface area contributed by atoms with Gasteiger partial charge in [-0.3, -0.25) is 0 Å². The van der Waals surface area contributed by atoms with E-state index in [4.69, 9.17) is 0 Å². The number of hydrogen-bond donors (Lipinski definition) is 0. The standard InChI is InChI=1S/C10H15N3/c1-2-8(3-1)6-10-12-11-7-13(10)9-4-5-9/h7-9H,1-6H2. The summed E-state index contributed by atoms with van der Waals surface area (Å²) in [5, 5.41) is 8.22. The third-order valence-electron chi connectivity index (χ3n) is 3.28. The number of aromatic nitrogens is 3. The van der Waals surface area contributed by atoms with Crippen molar-refractivity contribution in [1.82, 2.24) is 14.8 Å². The molecule has 13 heavy (non-hydrogen) atoms. The minimum absolute atomic E-state index is 0.741. The summed E-state index contributed by atoms with van der Waals surface area (Å²) in [6.45, 7) is 0. The zero-order valence-corrected chi connectivity index (χ0v) is 7.82. The lowest BCUT2D eigenvalue weighted by molar-refractivity contribution is 0.305. The van der Waals surface area contributed by atoms with Crippen molar-refractivity contribution in [1.29, 1.82) is 0 Å². The highest BCUT2D eigenvalue weighted by atomic mass is 15.3. The summed E-state index contributed by atoms with van der Waals surface area (Å²) in [6, 6.07) is 0.741. The Morgan fingerprint density at radius 1 is 1.31 bits per heavy atom. The fraction of sp³-hybridized carbons (Fsp3) is 0.800. The van der Waals surface area contributed by atoms with E-state index in [0.29, 0.717) is 0 Å². The monoisotopic (exact) mass is 177 g/mol. The molecule has 2 aliphatic rings. The highest BCUT2D eigenvalue weighted by Gasteiger charge is 2.28. The van der Waals surface area contributed by atoms with E-state index in [2.05, 4.69) is 14.8 Å². The molecule has 0 saturated heterocycles. The Balaban J connectivity index is 1.74. The van der Waals surface area contributed by atoms with Crippen LogP contribution in [0.5, 0.6) is 0 Å². The summed E-state index contributed by atoms with van der Waals surface area (Å²) in [5.41, 5.74) is 0. The van der Waals surface area contributed by atoms with E-state index in [-0.39, 0.29) is 0 Å². The normalized spacial score (nSPS) is 23.1. The second kappa shape index (κ2) is 2.82. The van der Waals surface area contributed by atoms with E-state index >= 15 is 0 Å². The Morgan fingerprint density at radius 3 is 2.77 bits per heavy atom. The summed E-state index contributed by atoms with van der Waals surface area (Å²) in [4.78, 5) is 0. The smallest absolute Gasteiger partial charge is 0.133 e. The Kier molecular flexibility index (Phi) is 1.64. The van der Waals surface area contributed by atoms with Crippen LogP contribution in [0, 0.1) is 5.92 Å². The lowest BCUT2D eigenvalue weighted by Gasteiger charge is -2.24. The molecule has 3 rings (SSSR count). The van der Waals surface area contributed by atoms with Crippen molar-refractivity contribution in [2.24, 2.45) is 5.92 Å². The van der Waals surface area contributed by atoms with Gasteiger partial charge >= 0.3 is 0 Å². The molecule has 70 valence electrons. The second-order valence-corrected chi connectivity index (χ2v) is 4.39. The first kappa shape index (κ1) is 7.54. The van der Waals surface area contributed by atoms with Gasteiger partial charge in [0.15, 0.2) is 0 Å². The molecule has 1 aromatic rings. The molecule has 0 spiro atoms. The molecule has 1 heterocycles. The largest absolute Gasteiger partial charge is 0.314 e. The summed E-state index contributed by atoms with van der Waals surface area (Å²) < 4.78 is 2.29. The van der Waals surface area contributed by atoms with Crippen molar-refractivity contribution in [2.75, 3.05) is 0 Å². The molecule has 0 aromatic carbocycles. The Labute approximate surface area is 78.2 Å². The molecule has 1 aromatic heterocycles. The fourth-order valence-corrected chi connectivity index (χ4v) is 2.03. The minimum atomic E-state index is 0.741. The second-order valence-electron chi connectivity index (χ2n) is 4.39. The van der Waals surface area contributed by atoms with E-state index in [9.17, 15) is 0 Å². The predicted octanol–water partition coefficient (Wildman–Crippen LogP) is 1.96. The minimum Gasteiger partial charge on any atom is -0.314 e. The van der Waals surface area contributed by atoms with Crippen molar-refractivity contribution < 1.29 is 0 Å². The third kappa shape index (κ3) is 1.36. The van der Waals surface area contributed by atoms with Crippen LogP contribution >= 0.6 is 0 Å². The first-order valence-electron chi connectivity index (χ1n) is 5.32. The Bertz CT molecular complexity index is 297. The molecule has 0 radical (unpaired) electrons. The van der Waals surface area contributed by atoms with Gasteiger partial charge in [0, 0.05) is 12.5 Å². The van der Waals surface area contributed by atoms with Crippen molar-refractivity contribution in [2.45, 2.75) is 44.6 Å². The van der Waals surface area contributed by atoms with Gasteiger partial charge in [-0.15, -0.1) is 10.2 Å². The molecular formula is C10H15N3. The van der Waals surface area contributed by atoms with Crippen LogP contribution in [0.25, 0.3) is 0 Å². The first-order chi connectivity index (χ1) is 6.43. The van der Waals surface area contributed by atoms with Crippen LogP contribution in [0.15, 0.2) is 6.33 Å². The fourth-order valence-electron chi connectivity index (χ4n) is 2.03. The number of nitrogens with zero attached hydrogens (tertiary/aromatic N) is 3. The van der Waals surface area contributed by atoms with Crippen molar-refractivity contribution in [3.05, 3.63) is 12.2 Å². The van der Waals surface area contributed by atoms with Gasteiger partial charge < -0.3 is 4.57 Å². The van der Waals surface area contributed by atoms with Crippen LogP contribution in [0.1, 0.15) is 44.0 Å². The van der Waals surface area contributed by atoms with Gasteiger partial charge in [0.05, 0.1) is 0 Å². The zero-order chi connectivity index (χ0) is 8.67. The summed E-state index contributed by atoms with van der Waals surface area (Å²) >= 11 is 0. The van der Waals surface area contributed by atoms with Gasteiger partial charge in [-0.25, -0.2) is 0 Å². The summed E-state index contributed by atoms with van der Waals surface area (Å²) in [6.07, 6.45) is 9.95. The van der Waals surface area contributed by atoms with Crippen LogP contribution in [0.2, 0.25) is 0 Å². The molecule has 2 fully saturated rings.